The van der Waals surface area contributed by atoms with Crippen LogP contribution in [0.15, 0.2) is 122 Å². The first-order valence-corrected chi connectivity index (χ1v) is 18.7. The van der Waals surface area contributed by atoms with Gasteiger partial charge in [0.25, 0.3) is 0 Å². The average Bonchev–Trinajstić information content (AvgIpc) is 3.91. The van der Waals surface area contributed by atoms with Crippen molar-refractivity contribution in [2.24, 2.45) is 0 Å². The van der Waals surface area contributed by atoms with E-state index >= 15 is 0 Å². The first kappa shape index (κ1) is 43.0. The molecule has 7 rings (SSSR count). The molecule has 56 heavy (non-hydrogen) atoms. The third-order valence-corrected chi connectivity index (χ3v) is 9.18. The second-order valence-electron chi connectivity index (χ2n) is 12.0. The molecule has 1 aromatic carbocycles. The molecule has 0 radical (unpaired) electrons. The zero-order chi connectivity index (χ0) is 38.8. The number of hydrogen-bond donors (Lipinski definition) is 1. The van der Waals surface area contributed by atoms with Crippen LogP contribution >= 0.6 is 23.6 Å². The molecule has 0 atom stereocenters. The summed E-state index contributed by atoms with van der Waals surface area (Å²) in [6.45, 7) is 2.24. The van der Waals surface area contributed by atoms with Crippen LogP contribution in [-0.4, -0.2) is 41.3 Å². The van der Waals surface area contributed by atoms with E-state index in [4.69, 9.17) is 10.5 Å². The molecule has 13 heteroatoms. The van der Waals surface area contributed by atoms with Crippen molar-refractivity contribution in [2.75, 3.05) is 0 Å². The Morgan fingerprint density at radius 3 is 2.25 bits per heavy atom. The molecule has 0 aliphatic carbocycles. The summed E-state index contributed by atoms with van der Waals surface area (Å²) < 4.78 is 13.1. The minimum Gasteiger partial charge on any atom is -0.753 e. The number of benzene rings is 1. The van der Waals surface area contributed by atoms with Gasteiger partial charge in [-0.05, 0) is 121 Å². The molecule has 7 aromatic rings. The van der Waals surface area contributed by atoms with Crippen LogP contribution in [0.5, 0.6) is 0 Å². The van der Waals surface area contributed by atoms with E-state index in [9.17, 15) is 9.18 Å². The predicted molar refractivity (Wildman–Crippen MR) is 221 cm³/mol. The van der Waals surface area contributed by atoms with Gasteiger partial charge in [-0.2, -0.15) is 5.16 Å². The molecule has 6 aromatic heterocycles. The molecule has 0 aliphatic rings. The number of thiocarbonyl (C=S) groups is 1. The summed E-state index contributed by atoms with van der Waals surface area (Å²) in [6, 6.07) is 30.6. The summed E-state index contributed by atoms with van der Waals surface area (Å²) in [5.41, 5.74) is 6.88. The number of aromatic nitrogens is 6. The van der Waals surface area contributed by atoms with Gasteiger partial charge in [0, 0.05) is 39.7 Å². The Morgan fingerprint density at radius 2 is 1.52 bits per heavy atom. The number of carboxylic acid groups (broad SMARTS) is 1. The van der Waals surface area contributed by atoms with Gasteiger partial charge in [0.2, 0.25) is 0 Å². The van der Waals surface area contributed by atoms with Gasteiger partial charge in [0.15, 0.2) is 0 Å². The molecule has 0 unspecified atom stereocenters. The minimum absolute atomic E-state index is 0. The van der Waals surface area contributed by atoms with Crippen LogP contribution in [0.1, 0.15) is 58.3 Å². The normalized spacial score (nSPS) is 10.3. The van der Waals surface area contributed by atoms with Crippen molar-refractivity contribution in [3.8, 4) is 45.4 Å². The maximum atomic E-state index is 13.1. The number of isothiocyanates is 1. The number of hydrogen-bond acceptors (Lipinski definition) is 8. The molecule has 0 saturated heterocycles. The van der Waals surface area contributed by atoms with E-state index < -0.39 is 5.97 Å². The Labute approximate surface area is 347 Å². The second-order valence-corrected chi connectivity index (χ2v) is 13.4. The van der Waals surface area contributed by atoms with Crippen LogP contribution < -0.4 is 5.10 Å². The molecule has 282 valence electrons. The fourth-order valence-corrected chi connectivity index (χ4v) is 6.29. The molecule has 1 N–H and O–H groups in total. The fraction of sp³-hybridized carbons (Fsp3) is 0.140. The van der Waals surface area contributed by atoms with E-state index in [-0.39, 0.29) is 30.9 Å². The second kappa shape index (κ2) is 22.6. The summed E-state index contributed by atoms with van der Waals surface area (Å²) in [5.74, 6) is -1.25. The summed E-state index contributed by atoms with van der Waals surface area (Å²) in [5, 5.41) is 26.0. The Hall–Kier alpha value is -5.71. The Morgan fingerprint density at radius 1 is 0.804 bits per heavy atom. The number of pyridine rings is 4. The van der Waals surface area contributed by atoms with Crippen molar-refractivity contribution in [2.45, 2.75) is 39.0 Å². The van der Waals surface area contributed by atoms with Crippen molar-refractivity contribution in [1.29, 1.82) is 0 Å². The Balaban J connectivity index is 0.000000242. The van der Waals surface area contributed by atoms with Crippen LogP contribution in [0.3, 0.4) is 0 Å². The van der Waals surface area contributed by atoms with Crippen LogP contribution in [0.2, 0.25) is 0 Å². The van der Waals surface area contributed by atoms with E-state index in [1.807, 2.05) is 59.9 Å². The van der Waals surface area contributed by atoms with Gasteiger partial charge >= 0.3 is 25.4 Å². The van der Waals surface area contributed by atoms with Gasteiger partial charge in [-0.25, -0.2) is 14.2 Å². The Kier molecular flexibility index (Phi) is 17.4. The van der Waals surface area contributed by atoms with Crippen LogP contribution in [0.4, 0.5) is 4.39 Å². The van der Waals surface area contributed by atoms with Gasteiger partial charge in [-0.15, -0.1) is 11.3 Å². The number of carboxylic acids is 1. The third kappa shape index (κ3) is 13.0. The van der Waals surface area contributed by atoms with Crippen molar-refractivity contribution >= 4 is 46.8 Å². The number of aromatic carboxylic acids is 1. The summed E-state index contributed by atoms with van der Waals surface area (Å²) in [6.07, 6.45) is 15.6. The number of rotatable bonds is 12. The molecule has 0 aliphatic heterocycles. The van der Waals surface area contributed by atoms with Crippen molar-refractivity contribution < 1.29 is 33.8 Å². The van der Waals surface area contributed by atoms with Gasteiger partial charge < -0.3 is 20.7 Å². The zero-order valence-corrected chi connectivity index (χ0v) is 33.6. The number of unbranched alkanes of at least 4 members (excludes halogenated alkanes) is 3. The van der Waals surface area contributed by atoms with E-state index in [1.165, 1.54) is 77.5 Å². The van der Waals surface area contributed by atoms with Crippen LogP contribution in [0, 0.1) is 5.82 Å². The van der Waals surface area contributed by atoms with E-state index in [0.717, 1.165) is 28.2 Å². The van der Waals surface area contributed by atoms with E-state index in [2.05, 4.69) is 73.6 Å². The first-order valence-electron chi connectivity index (χ1n) is 17.5. The van der Waals surface area contributed by atoms with Crippen LogP contribution in [-0.2, 0) is 25.9 Å². The largest absolute Gasteiger partial charge is 2.00 e. The quantitative estimate of drug-likeness (QED) is 0.0550. The number of aryl methyl sites for hydroxylation is 1. The predicted octanol–water partition coefficient (Wildman–Crippen LogP) is 10.8. The standard InChI is InChI=1S/C26H25FN3S.C16H11N3O2.CNS.Ru/c1-2-3-4-5-6-22-13-14-23(31-22)12-7-19-15-16-28-25(17-19)26-18-24(29-30-26)20-8-10-21(27)11-9-20;20-16(21)11-7-9-18-15(10-11)14-6-3-5-13(19-14)12-4-1-2-8-17-12;2-1-3;/h7-18H,2-6H2,1H3;1-10H,(H,20,21);;/q-1;;-1;+2/b12-7+;;;. The number of halogens is 1. The Bertz CT molecular complexity index is 2360. The first-order chi connectivity index (χ1) is 26.9. The van der Waals surface area contributed by atoms with Crippen LogP contribution in [0.25, 0.3) is 63.0 Å². The molecule has 9 nitrogen and oxygen atoms in total. The number of nitrogens with zero attached hydrogens (tertiary/aromatic N) is 7. The number of carbonyl (C=O) groups is 1. The smallest absolute Gasteiger partial charge is 0.753 e. The third-order valence-electron chi connectivity index (χ3n) is 8.07. The fourth-order valence-electron chi connectivity index (χ4n) is 5.33. The van der Waals surface area contributed by atoms with Crippen molar-refractivity contribution in [1.82, 2.24) is 30.1 Å². The minimum atomic E-state index is -0.987. The van der Waals surface area contributed by atoms with Gasteiger partial charge in [-0.1, -0.05) is 62.3 Å². The summed E-state index contributed by atoms with van der Waals surface area (Å²) in [4.78, 5) is 31.1. The van der Waals surface area contributed by atoms with Crippen molar-refractivity contribution in [3.05, 3.63) is 154 Å². The van der Waals surface area contributed by atoms with E-state index in [0.29, 0.717) is 22.8 Å². The SMILES string of the molecule is CCCCCCc1ccc(/C=C/c2ccnc(-c3cc(-c4ccc(F)cc4)n[n-]3)c2)s1.O=C(O)c1ccnc(-c2cccc(-c3ccccn3)n2)c1.[N-]=C=S.[Ru+2]. The van der Waals surface area contributed by atoms with Gasteiger partial charge in [0.1, 0.15) is 5.82 Å². The molecule has 0 spiro atoms. The maximum absolute atomic E-state index is 13.1. The molecule has 0 amide bonds. The molecular weight excluding hydrogens is 831 g/mol. The monoisotopic (exact) mass is 867 g/mol. The summed E-state index contributed by atoms with van der Waals surface area (Å²) >= 11 is 5.56. The molecule has 0 bridgehead atoms. The molecule has 6 heterocycles. The summed E-state index contributed by atoms with van der Waals surface area (Å²) in [7, 11) is 0. The zero-order valence-electron chi connectivity index (χ0n) is 30.3. The molecular formula is C43H36FN7O2RuS2. The van der Waals surface area contributed by atoms with Gasteiger partial charge in [0.05, 0.1) is 28.3 Å². The maximum Gasteiger partial charge on any atom is 2.00 e. The topological polar surface area (TPSA) is 138 Å². The van der Waals surface area contributed by atoms with E-state index in [1.54, 1.807) is 30.6 Å². The average molecular weight is 867 g/mol. The van der Waals surface area contributed by atoms with Crippen molar-refractivity contribution in [3.63, 3.8) is 0 Å². The molecule has 0 fully saturated rings. The molecule has 0 saturated carbocycles. The number of thiophene rings is 1. The van der Waals surface area contributed by atoms with Gasteiger partial charge in [-0.3, -0.25) is 15.0 Å².